The van der Waals surface area contributed by atoms with Crippen molar-refractivity contribution in [2.45, 2.75) is 34.2 Å². The Labute approximate surface area is 183 Å². The van der Waals surface area contributed by atoms with Gasteiger partial charge < -0.3 is 18.9 Å². The van der Waals surface area contributed by atoms with Crippen molar-refractivity contribution in [2.75, 3.05) is 26.3 Å². The monoisotopic (exact) mass is 422 g/mol. The van der Waals surface area contributed by atoms with Gasteiger partial charge in [-0.05, 0) is 51.5 Å². The molecule has 0 aliphatic rings. The van der Waals surface area contributed by atoms with Gasteiger partial charge in [-0.15, -0.1) is 0 Å². The van der Waals surface area contributed by atoms with Gasteiger partial charge in [0.2, 0.25) is 0 Å². The lowest BCUT2D eigenvalue weighted by Gasteiger charge is -2.18. The molecule has 0 atom stereocenters. The Morgan fingerprint density at radius 1 is 1.00 bits per heavy atom. The van der Waals surface area contributed by atoms with E-state index in [1.54, 1.807) is 11.8 Å². The third-order valence-corrected chi connectivity index (χ3v) is 5.44. The molecule has 6 heteroatoms. The number of amides is 1. The fourth-order valence-corrected chi connectivity index (χ4v) is 3.79. The summed E-state index contributed by atoms with van der Waals surface area (Å²) in [6.07, 6.45) is 0. The maximum Gasteiger partial charge on any atom is 0.340 e. The fraction of sp³-hybridized carbons (Fsp3) is 0.360. The number of rotatable bonds is 9. The van der Waals surface area contributed by atoms with E-state index in [2.05, 4.69) is 16.7 Å². The van der Waals surface area contributed by atoms with Crippen molar-refractivity contribution in [3.8, 4) is 5.75 Å². The van der Waals surface area contributed by atoms with Crippen LogP contribution in [0.4, 0.5) is 0 Å². The number of hydrogen-bond acceptors (Lipinski definition) is 4. The fourth-order valence-electron chi connectivity index (χ4n) is 3.79. The van der Waals surface area contributed by atoms with E-state index in [1.807, 2.05) is 57.2 Å². The van der Waals surface area contributed by atoms with Crippen LogP contribution in [0.3, 0.4) is 0 Å². The summed E-state index contributed by atoms with van der Waals surface area (Å²) in [6, 6.07) is 15.7. The molecule has 3 rings (SSSR count). The molecule has 0 unspecified atom stereocenters. The van der Waals surface area contributed by atoms with Gasteiger partial charge in [0.05, 0.1) is 12.2 Å². The van der Waals surface area contributed by atoms with E-state index in [0.29, 0.717) is 37.6 Å². The number of hydrogen-bond donors (Lipinski definition) is 0. The van der Waals surface area contributed by atoms with E-state index >= 15 is 0 Å². The minimum absolute atomic E-state index is 0.0361. The maximum atomic E-state index is 12.8. The number of carbonyl (C=O) groups excluding carboxylic acids is 2. The Morgan fingerprint density at radius 3 is 2.35 bits per heavy atom. The molecule has 0 bridgehead atoms. The predicted octanol–water partition coefficient (Wildman–Crippen LogP) is 4.42. The average Bonchev–Trinajstić information content (AvgIpc) is 3.04. The highest BCUT2D eigenvalue weighted by atomic mass is 16.5. The van der Waals surface area contributed by atoms with Crippen LogP contribution in [0.5, 0.6) is 5.75 Å². The summed E-state index contributed by atoms with van der Waals surface area (Å²) in [5.41, 5.74) is 3.44. The van der Waals surface area contributed by atoms with Crippen LogP contribution in [0.15, 0.2) is 48.5 Å². The van der Waals surface area contributed by atoms with Gasteiger partial charge in [0, 0.05) is 36.2 Å². The molecule has 0 saturated carbocycles. The smallest absolute Gasteiger partial charge is 0.340 e. The van der Waals surface area contributed by atoms with Crippen molar-refractivity contribution in [1.82, 2.24) is 9.47 Å². The Balaban J connectivity index is 1.98. The number of benzene rings is 2. The van der Waals surface area contributed by atoms with Crippen molar-refractivity contribution in [3.63, 3.8) is 0 Å². The van der Waals surface area contributed by atoms with Crippen LogP contribution < -0.4 is 4.74 Å². The van der Waals surface area contributed by atoms with Gasteiger partial charge >= 0.3 is 5.97 Å². The zero-order valence-corrected chi connectivity index (χ0v) is 18.7. The molecule has 164 valence electrons. The third-order valence-electron chi connectivity index (χ3n) is 5.44. The first-order valence-electron chi connectivity index (χ1n) is 10.7. The summed E-state index contributed by atoms with van der Waals surface area (Å²) in [5, 5.41) is 0.764. The van der Waals surface area contributed by atoms with Crippen molar-refractivity contribution >= 4 is 22.8 Å². The predicted molar refractivity (Wildman–Crippen MR) is 122 cm³/mol. The Bertz CT molecular complexity index is 1050. The van der Waals surface area contributed by atoms with Gasteiger partial charge in [-0.1, -0.05) is 30.3 Å². The molecule has 0 aliphatic heterocycles. The van der Waals surface area contributed by atoms with Gasteiger partial charge in [-0.3, -0.25) is 4.79 Å². The quantitative estimate of drug-likeness (QED) is 0.479. The maximum absolute atomic E-state index is 12.8. The summed E-state index contributed by atoms with van der Waals surface area (Å²) in [7, 11) is 0. The highest BCUT2D eigenvalue weighted by molar-refractivity contribution is 6.06. The molecule has 31 heavy (non-hydrogen) atoms. The molecule has 0 saturated heterocycles. The summed E-state index contributed by atoms with van der Waals surface area (Å²) in [4.78, 5) is 26.8. The minimum Gasteiger partial charge on any atom is -0.484 e. The van der Waals surface area contributed by atoms with E-state index in [4.69, 9.17) is 9.47 Å². The second-order valence-corrected chi connectivity index (χ2v) is 7.29. The number of aromatic nitrogens is 1. The molecule has 6 nitrogen and oxygen atoms in total. The number of carbonyl (C=O) groups is 2. The number of nitrogens with zero attached hydrogens (tertiary/aromatic N) is 2. The standard InChI is InChI=1S/C25H30N2O4/c1-5-26(6-2)23(28)17-31-20-13-14-22-21(15-20)24(25(29)30-7-3)18(4)27(22)16-19-11-9-8-10-12-19/h8-15H,5-7,16-17H2,1-4H3. The third kappa shape index (κ3) is 4.90. The molecule has 0 N–H and O–H groups in total. The van der Waals surface area contributed by atoms with E-state index in [-0.39, 0.29) is 18.5 Å². The molecule has 0 fully saturated rings. The molecule has 3 aromatic rings. The van der Waals surface area contributed by atoms with Crippen molar-refractivity contribution < 1.29 is 19.1 Å². The normalized spacial score (nSPS) is 10.8. The number of likely N-dealkylation sites (N-methyl/N-ethyl adjacent to an activating group) is 1. The Kier molecular flexibility index (Phi) is 7.34. The molecule has 1 heterocycles. The zero-order valence-electron chi connectivity index (χ0n) is 18.7. The first kappa shape index (κ1) is 22.4. The van der Waals surface area contributed by atoms with Crippen LogP contribution in [0.25, 0.3) is 10.9 Å². The first-order valence-corrected chi connectivity index (χ1v) is 10.7. The van der Waals surface area contributed by atoms with E-state index < -0.39 is 0 Å². The largest absolute Gasteiger partial charge is 0.484 e. The molecule has 0 aliphatic carbocycles. The van der Waals surface area contributed by atoms with E-state index in [1.165, 1.54) is 0 Å². The lowest BCUT2D eigenvalue weighted by molar-refractivity contribution is -0.132. The SMILES string of the molecule is CCOC(=O)c1c(C)n(Cc2ccccc2)c2ccc(OCC(=O)N(CC)CC)cc12. The van der Waals surface area contributed by atoms with Gasteiger partial charge in [0.1, 0.15) is 5.75 Å². The molecular formula is C25H30N2O4. The van der Waals surface area contributed by atoms with Crippen LogP contribution in [0, 0.1) is 6.92 Å². The van der Waals surface area contributed by atoms with Crippen LogP contribution >= 0.6 is 0 Å². The van der Waals surface area contributed by atoms with Crippen LogP contribution in [-0.2, 0) is 16.1 Å². The highest BCUT2D eigenvalue weighted by Gasteiger charge is 2.22. The average molecular weight is 423 g/mol. The van der Waals surface area contributed by atoms with Crippen molar-refractivity contribution in [1.29, 1.82) is 0 Å². The van der Waals surface area contributed by atoms with E-state index in [0.717, 1.165) is 22.2 Å². The van der Waals surface area contributed by atoms with Gasteiger partial charge in [-0.25, -0.2) is 4.79 Å². The zero-order chi connectivity index (χ0) is 22.4. The van der Waals surface area contributed by atoms with Gasteiger partial charge in [-0.2, -0.15) is 0 Å². The van der Waals surface area contributed by atoms with Crippen molar-refractivity contribution in [2.24, 2.45) is 0 Å². The molecule has 0 spiro atoms. The minimum atomic E-state index is -0.354. The molecule has 1 amide bonds. The summed E-state index contributed by atoms with van der Waals surface area (Å²) < 4.78 is 13.2. The number of fused-ring (bicyclic) bond motifs is 1. The Morgan fingerprint density at radius 2 is 1.71 bits per heavy atom. The first-order chi connectivity index (χ1) is 15.0. The molecule has 2 aromatic carbocycles. The van der Waals surface area contributed by atoms with Gasteiger partial charge in [0.25, 0.3) is 5.91 Å². The second kappa shape index (κ2) is 10.2. The number of ether oxygens (including phenoxy) is 2. The number of esters is 1. The molecular weight excluding hydrogens is 392 g/mol. The molecule has 1 aromatic heterocycles. The lowest BCUT2D eigenvalue weighted by Crippen LogP contribution is -2.34. The van der Waals surface area contributed by atoms with Crippen LogP contribution in [-0.4, -0.2) is 47.6 Å². The van der Waals surface area contributed by atoms with Crippen LogP contribution in [0.2, 0.25) is 0 Å². The second-order valence-electron chi connectivity index (χ2n) is 7.29. The topological polar surface area (TPSA) is 60.8 Å². The van der Waals surface area contributed by atoms with Crippen molar-refractivity contribution in [3.05, 3.63) is 65.4 Å². The van der Waals surface area contributed by atoms with E-state index in [9.17, 15) is 9.59 Å². The Hall–Kier alpha value is -3.28. The summed E-state index contributed by atoms with van der Waals surface area (Å²) in [6.45, 7) is 9.81. The highest BCUT2D eigenvalue weighted by Crippen LogP contribution is 2.31. The summed E-state index contributed by atoms with van der Waals surface area (Å²) >= 11 is 0. The summed E-state index contributed by atoms with van der Waals surface area (Å²) in [5.74, 6) is 0.136. The lowest BCUT2D eigenvalue weighted by atomic mass is 10.1. The van der Waals surface area contributed by atoms with Crippen LogP contribution in [0.1, 0.15) is 42.4 Å². The van der Waals surface area contributed by atoms with Gasteiger partial charge in [0.15, 0.2) is 6.61 Å². The molecule has 0 radical (unpaired) electrons.